The molecule has 2 rings (SSSR count). The number of hydrogen-bond donors (Lipinski definition) is 1. The summed E-state index contributed by atoms with van der Waals surface area (Å²) in [6.07, 6.45) is 9.04. The molecule has 1 aliphatic rings. The maximum absolute atomic E-state index is 12.3. The number of anilines is 1. The molecule has 1 aliphatic carbocycles. The zero-order valence-corrected chi connectivity index (χ0v) is 14.5. The van der Waals surface area contributed by atoms with Crippen LogP contribution in [0.3, 0.4) is 0 Å². The molecule has 6 heteroatoms. The normalized spacial score (nSPS) is 17.1. The Hall–Kier alpha value is -1.56. The third kappa shape index (κ3) is 5.86. The van der Waals surface area contributed by atoms with Gasteiger partial charge < -0.3 is 5.32 Å². The van der Waals surface area contributed by atoms with E-state index in [1.807, 2.05) is 6.07 Å². The highest BCUT2D eigenvalue weighted by molar-refractivity contribution is 7.92. The summed E-state index contributed by atoms with van der Waals surface area (Å²) in [5.41, 5.74) is 0.516. The molecular weight excluding hydrogens is 312 g/mol. The first-order valence-electron chi connectivity index (χ1n) is 8.29. The Morgan fingerprint density at radius 2 is 1.65 bits per heavy atom. The van der Waals surface area contributed by atoms with Crippen LogP contribution >= 0.6 is 0 Å². The molecule has 0 aliphatic heterocycles. The van der Waals surface area contributed by atoms with Gasteiger partial charge >= 0.3 is 0 Å². The van der Waals surface area contributed by atoms with E-state index >= 15 is 0 Å². The molecule has 0 heterocycles. The Morgan fingerprint density at radius 1 is 1.09 bits per heavy atom. The third-order valence-electron chi connectivity index (χ3n) is 4.20. The second-order valence-corrected chi connectivity index (χ2v) is 8.12. The number of benzene rings is 1. The lowest BCUT2D eigenvalue weighted by molar-refractivity contribution is -0.120. The number of nitrogens with zero attached hydrogens (tertiary/aromatic N) is 1. The van der Waals surface area contributed by atoms with Crippen LogP contribution in [0.4, 0.5) is 5.69 Å². The molecule has 1 amide bonds. The van der Waals surface area contributed by atoms with Gasteiger partial charge in [-0.25, -0.2) is 8.42 Å². The second-order valence-electron chi connectivity index (χ2n) is 6.21. The van der Waals surface area contributed by atoms with Gasteiger partial charge in [-0.3, -0.25) is 9.10 Å². The number of sulfonamides is 1. The smallest absolute Gasteiger partial charge is 0.240 e. The number of rotatable bonds is 5. The second kappa shape index (κ2) is 8.34. The molecule has 1 N–H and O–H groups in total. The minimum absolute atomic E-state index is 0.167. The van der Waals surface area contributed by atoms with Gasteiger partial charge in [-0.15, -0.1) is 0 Å². The molecular formula is C17H26N2O3S. The number of amides is 1. The third-order valence-corrected chi connectivity index (χ3v) is 5.34. The summed E-state index contributed by atoms with van der Waals surface area (Å²) in [6.45, 7) is -0.167. The molecule has 1 saturated carbocycles. The Kier molecular flexibility index (Phi) is 6.45. The highest BCUT2D eigenvalue weighted by Crippen LogP contribution is 2.18. The van der Waals surface area contributed by atoms with Crippen molar-refractivity contribution in [3.63, 3.8) is 0 Å². The lowest BCUT2D eigenvalue weighted by atomic mass is 9.97. The van der Waals surface area contributed by atoms with Gasteiger partial charge in [-0.05, 0) is 25.0 Å². The van der Waals surface area contributed by atoms with E-state index in [1.165, 1.54) is 19.3 Å². The minimum Gasteiger partial charge on any atom is -0.352 e. The molecule has 0 saturated heterocycles. The Bertz CT molecular complexity index is 594. The van der Waals surface area contributed by atoms with Gasteiger partial charge in [-0.1, -0.05) is 50.3 Å². The van der Waals surface area contributed by atoms with Crippen molar-refractivity contribution in [1.29, 1.82) is 0 Å². The molecule has 0 bridgehead atoms. The van der Waals surface area contributed by atoms with E-state index in [2.05, 4.69) is 5.32 Å². The molecule has 1 fully saturated rings. The fraction of sp³-hybridized carbons (Fsp3) is 0.588. The van der Waals surface area contributed by atoms with Gasteiger partial charge in [0.25, 0.3) is 0 Å². The predicted octanol–water partition coefficient (Wildman–Crippen LogP) is 2.68. The first-order chi connectivity index (χ1) is 11.0. The average molecular weight is 338 g/mol. The maximum atomic E-state index is 12.3. The number of hydrogen-bond acceptors (Lipinski definition) is 3. The Morgan fingerprint density at radius 3 is 2.22 bits per heavy atom. The van der Waals surface area contributed by atoms with Crippen molar-refractivity contribution in [2.75, 3.05) is 17.1 Å². The molecule has 1 aromatic carbocycles. The van der Waals surface area contributed by atoms with Gasteiger partial charge in [0.1, 0.15) is 6.54 Å². The fourth-order valence-electron chi connectivity index (χ4n) is 3.00. The van der Waals surface area contributed by atoms with Crippen LogP contribution in [0.2, 0.25) is 0 Å². The van der Waals surface area contributed by atoms with E-state index in [-0.39, 0.29) is 18.5 Å². The van der Waals surface area contributed by atoms with E-state index < -0.39 is 10.0 Å². The van der Waals surface area contributed by atoms with E-state index in [0.717, 1.165) is 36.2 Å². The SMILES string of the molecule is CS(=O)(=O)N(CC(=O)NC1CCCCCCC1)c1ccccc1. The standard InChI is InChI=1S/C17H26N2O3S/c1-23(21,22)19(16-12-8-5-9-13-16)14-17(20)18-15-10-6-3-2-4-7-11-15/h5,8-9,12-13,15H,2-4,6-7,10-11,14H2,1H3,(H,18,20). The molecule has 23 heavy (non-hydrogen) atoms. The summed E-state index contributed by atoms with van der Waals surface area (Å²) in [5, 5.41) is 3.01. The van der Waals surface area contributed by atoms with Crippen molar-refractivity contribution in [2.24, 2.45) is 0 Å². The molecule has 0 unspecified atom stereocenters. The van der Waals surface area contributed by atoms with Crippen molar-refractivity contribution >= 4 is 21.6 Å². The van der Waals surface area contributed by atoms with Crippen molar-refractivity contribution in [1.82, 2.24) is 5.32 Å². The van der Waals surface area contributed by atoms with Crippen LogP contribution in [0, 0.1) is 0 Å². The molecule has 1 aromatic rings. The van der Waals surface area contributed by atoms with E-state index in [1.54, 1.807) is 24.3 Å². The summed E-state index contributed by atoms with van der Waals surface area (Å²) >= 11 is 0. The topological polar surface area (TPSA) is 66.5 Å². The molecule has 5 nitrogen and oxygen atoms in total. The largest absolute Gasteiger partial charge is 0.352 e. The molecule has 128 valence electrons. The van der Waals surface area contributed by atoms with Crippen LogP contribution in [0.15, 0.2) is 30.3 Å². The fourth-order valence-corrected chi connectivity index (χ4v) is 3.85. The van der Waals surface area contributed by atoms with Crippen molar-refractivity contribution in [3.8, 4) is 0 Å². The van der Waals surface area contributed by atoms with E-state index in [4.69, 9.17) is 0 Å². The highest BCUT2D eigenvalue weighted by atomic mass is 32.2. The van der Waals surface area contributed by atoms with Crippen LogP contribution in [-0.2, 0) is 14.8 Å². The predicted molar refractivity (Wildman–Crippen MR) is 92.9 cm³/mol. The summed E-state index contributed by atoms with van der Waals surface area (Å²) < 4.78 is 25.2. The summed E-state index contributed by atoms with van der Waals surface area (Å²) in [6, 6.07) is 8.91. The Labute approximate surface area is 139 Å². The van der Waals surface area contributed by atoms with Gasteiger partial charge in [0.15, 0.2) is 0 Å². The van der Waals surface area contributed by atoms with Gasteiger partial charge in [0, 0.05) is 6.04 Å². The van der Waals surface area contributed by atoms with Crippen molar-refractivity contribution in [2.45, 2.75) is 51.0 Å². The van der Waals surface area contributed by atoms with Gasteiger partial charge in [0.2, 0.25) is 15.9 Å². The van der Waals surface area contributed by atoms with Crippen LogP contribution in [0.5, 0.6) is 0 Å². The van der Waals surface area contributed by atoms with Crippen LogP contribution in [-0.4, -0.2) is 33.2 Å². The van der Waals surface area contributed by atoms with Crippen molar-refractivity contribution < 1.29 is 13.2 Å². The first kappa shape index (κ1) is 17.8. The molecule has 0 atom stereocenters. The zero-order valence-electron chi connectivity index (χ0n) is 13.7. The number of carbonyl (C=O) groups is 1. The van der Waals surface area contributed by atoms with Gasteiger partial charge in [0.05, 0.1) is 11.9 Å². The number of carbonyl (C=O) groups excluding carboxylic acids is 1. The maximum Gasteiger partial charge on any atom is 0.240 e. The van der Waals surface area contributed by atoms with Crippen LogP contribution < -0.4 is 9.62 Å². The zero-order chi connectivity index (χ0) is 16.7. The lowest BCUT2D eigenvalue weighted by Crippen LogP contribution is -2.44. The monoisotopic (exact) mass is 338 g/mol. The van der Waals surface area contributed by atoms with E-state index in [9.17, 15) is 13.2 Å². The Balaban J connectivity index is 2.00. The molecule has 0 radical (unpaired) electrons. The number of para-hydroxylation sites is 1. The minimum atomic E-state index is -3.49. The summed E-state index contributed by atoms with van der Waals surface area (Å²) in [5.74, 6) is -0.232. The first-order valence-corrected chi connectivity index (χ1v) is 10.1. The molecule has 0 spiro atoms. The van der Waals surface area contributed by atoms with Crippen LogP contribution in [0.25, 0.3) is 0 Å². The van der Waals surface area contributed by atoms with E-state index in [0.29, 0.717) is 5.69 Å². The highest BCUT2D eigenvalue weighted by Gasteiger charge is 2.22. The van der Waals surface area contributed by atoms with Crippen molar-refractivity contribution in [3.05, 3.63) is 30.3 Å². The van der Waals surface area contributed by atoms with Crippen LogP contribution in [0.1, 0.15) is 44.9 Å². The lowest BCUT2D eigenvalue weighted by Gasteiger charge is -2.25. The average Bonchev–Trinajstić information content (AvgIpc) is 2.47. The summed E-state index contributed by atoms with van der Waals surface area (Å²) in [7, 11) is -3.49. The number of nitrogens with one attached hydrogen (secondary N) is 1. The quantitative estimate of drug-likeness (QED) is 0.897. The molecule has 0 aromatic heterocycles. The summed E-state index contributed by atoms with van der Waals surface area (Å²) in [4.78, 5) is 12.3. The van der Waals surface area contributed by atoms with Gasteiger partial charge in [-0.2, -0.15) is 0 Å².